The van der Waals surface area contributed by atoms with E-state index in [2.05, 4.69) is 9.97 Å². The number of hydrogen-bond donors (Lipinski definition) is 1. The molecule has 0 saturated heterocycles. The van der Waals surface area contributed by atoms with Crippen LogP contribution in [0.2, 0.25) is 0 Å². The number of halogens is 1. The number of nitrogens with zero attached hydrogens (tertiary/aromatic N) is 3. The standard InChI is InChI=1S/C14H17FN4S/c1-20-14-9-13(17-10-18-14)19(8-4-7-16)12-6-3-2-5-11(12)15/h2-3,5-6,9-10H,4,7-8,16H2,1H3. The van der Waals surface area contributed by atoms with Crippen molar-refractivity contribution in [1.82, 2.24) is 9.97 Å². The van der Waals surface area contributed by atoms with Gasteiger partial charge in [-0.15, -0.1) is 11.8 Å². The van der Waals surface area contributed by atoms with Gasteiger partial charge in [0.1, 0.15) is 23.0 Å². The van der Waals surface area contributed by atoms with E-state index in [0.29, 0.717) is 24.6 Å². The summed E-state index contributed by atoms with van der Waals surface area (Å²) in [6.07, 6.45) is 4.20. The number of aromatic nitrogens is 2. The van der Waals surface area contributed by atoms with Gasteiger partial charge >= 0.3 is 0 Å². The monoisotopic (exact) mass is 292 g/mol. The molecule has 106 valence electrons. The fraction of sp³-hybridized carbons (Fsp3) is 0.286. The second-order valence-electron chi connectivity index (χ2n) is 4.16. The summed E-state index contributed by atoms with van der Waals surface area (Å²) in [6.45, 7) is 1.16. The fourth-order valence-electron chi connectivity index (χ4n) is 1.87. The predicted octanol–water partition coefficient (Wildman–Crippen LogP) is 2.82. The highest BCUT2D eigenvalue weighted by molar-refractivity contribution is 7.98. The van der Waals surface area contributed by atoms with E-state index in [1.165, 1.54) is 24.2 Å². The Balaban J connectivity index is 2.38. The lowest BCUT2D eigenvalue weighted by molar-refractivity contribution is 0.622. The third-order valence-corrected chi connectivity index (χ3v) is 3.48. The van der Waals surface area contributed by atoms with Gasteiger partial charge < -0.3 is 10.6 Å². The van der Waals surface area contributed by atoms with Crippen LogP contribution in [0.15, 0.2) is 41.7 Å². The Morgan fingerprint density at radius 3 is 2.80 bits per heavy atom. The highest BCUT2D eigenvalue weighted by atomic mass is 32.2. The summed E-state index contributed by atoms with van der Waals surface area (Å²) in [4.78, 5) is 10.2. The zero-order valence-electron chi connectivity index (χ0n) is 11.3. The summed E-state index contributed by atoms with van der Waals surface area (Å²) in [7, 11) is 0. The van der Waals surface area contributed by atoms with Gasteiger partial charge in [-0.1, -0.05) is 12.1 Å². The number of thioether (sulfide) groups is 1. The van der Waals surface area contributed by atoms with E-state index < -0.39 is 0 Å². The first-order chi connectivity index (χ1) is 9.76. The molecule has 1 aromatic heterocycles. The van der Waals surface area contributed by atoms with Crippen LogP contribution < -0.4 is 10.6 Å². The van der Waals surface area contributed by atoms with Crippen LogP contribution in [0.1, 0.15) is 6.42 Å². The van der Waals surface area contributed by atoms with Crippen LogP contribution >= 0.6 is 11.8 Å². The number of hydrogen-bond acceptors (Lipinski definition) is 5. The van der Waals surface area contributed by atoms with Crippen molar-refractivity contribution in [2.75, 3.05) is 24.2 Å². The molecular formula is C14H17FN4S. The molecule has 1 heterocycles. The topological polar surface area (TPSA) is 55.0 Å². The van der Waals surface area contributed by atoms with Gasteiger partial charge in [-0.3, -0.25) is 0 Å². The summed E-state index contributed by atoms with van der Waals surface area (Å²) in [5, 5.41) is 0.851. The van der Waals surface area contributed by atoms with Crippen molar-refractivity contribution in [1.29, 1.82) is 0 Å². The average Bonchev–Trinajstić information content (AvgIpc) is 2.49. The molecule has 20 heavy (non-hydrogen) atoms. The van der Waals surface area contributed by atoms with Crippen molar-refractivity contribution >= 4 is 23.3 Å². The van der Waals surface area contributed by atoms with E-state index in [-0.39, 0.29) is 5.82 Å². The number of nitrogens with two attached hydrogens (primary N) is 1. The van der Waals surface area contributed by atoms with Crippen LogP contribution in [0, 0.1) is 5.82 Å². The molecule has 0 aliphatic rings. The van der Waals surface area contributed by atoms with E-state index in [4.69, 9.17) is 5.73 Å². The summed E-state index contributed by atoms with van der Waals surface area (Å²) < 4.78 is 14.0. The Morgan fingerprint density at radius 1 is 1.30 bits per heavy atom. The highest BCUT2D eigenvalue weighted by Gasteiger charge is 2.14. The maximum Gasteiger partial charge on any atom is 0.146 e. The van der Waals surface area contributed by atoms with Gasteiger partial charge in [0.05, 0.1) is 5.69 Å². The lowest BCUT2D eigenvalue weighted by atomic mass is 10.2. The molecule has 0 fully saturated rings. The summed E-state index contributed by atoms with van der Waals surface area (Å²) in [6, 6.07) is 8.53. The number of anilines is 2. The molecule has 0 atom stereocenters. The van der Waals surface area contributed by atoms with Gasteiger partial charge in [-0.25, -0.2) is 14.4 Å². The first-order valence-corrected chi connectivity index (χ1v) is 7.57. The van der Waals surface area contributed by atoms with Crippen molar-refractivity contribution in [2.24, 2.45) is 5.73 Å². The Kier molecular flexibility index (Phi) is 5.31. The van der Waals surface area contributed by atoms with Gasteiger partial charge in [-0.2, -0.15) is 0 Å². The quantitative estimate of drug-likeness (QED) is 0.655. The molecule has 0 saturated carbocycles. The van der Waals surface area contributed by atoms with E-state index >= 15 is 0 Å². The van der Waals surface area contributed by atoms with E-state index in [0.717, 1.165) is 11.4 Å². The molecule has 0 bridgehead atoms. The van der Waals surface area contributed by atoms with Gasteiger partial charge in [0.2, 0.25) is 0 Å². The molecule has 6 heteroatoms. The van der Waals surface area contributed by atoms with Crippen LogP contribution in [0.3, 0.4) is 0 Å². The normalized spacial score (nSPS) is 10.6. The van der Waals surface area contributed by atoms with Crippen LogP contribution in [0.5, 0.6) is 0 Å². The molecule has 0 radical (unpaired) electrons. The lowest BCUT2D eigenvalue weighted by Crippen LogP contribution is -2.23. The van der Waals surface area contributed by atoms with Gasteiger partial charge in [0.25, 0.3) is 0 Å². The molecule has 4 nitrogen and oxygen atoms in total. The van der Waals surface area contributed by atoms with Crippen molar-refractivity contribution in [3.8, 4) is 0 Å². The van der Waals surface area contributed by atoms with E-state index in [9.17, 15) is 4.39 Å². The first kappa shape index (κ1) is 14.7. The maximum absolute atomic E-state index is 14.0. The molecular weight excluding hydrogens is 275 g/mol. The molecule has 1 aromatic carbocycles. The van der Waals surface area contributed by atoms with Crippen LogP contribution in [-0.2, 0) is 0 Å². The molecule has 2 N–H and O–H groups in total. The van der Waals surface area contributed by atoms with Crippen molar-refractivity contribution in [3.05, 3.63) is 42.5 Å². The second-order valence-corrected chi connectivity index (χ2v) is 4.99. The predicted molar refractivity (Wildman–Crippen MR) is 80.9 cm³/mol. The molecule has 2 aromatic rings. The Hall–Kier alpha value is -1.66. The maximum atomic E-state index is 14.0. The van der Waals surface area contributed by atoms with Crippen LogP contribution in [0.25, 0.3) is 0 Å². The van der Waals surface area contributed by atoms with E-state index in [1.54, 1.807) is 12.1 Å². The largest absolute Gasteiger partial charge is 0.330 e. The number of benzene rings is 1. The van der Waals surface area contributed by atoms with Gasteiger partial charge in [0.15, 0.2) is 0 Å². The van der Waals surface area contributed by atoms with Crippen LogP contribution in [0.4, 0.5) is 15.9 Å². The Morgan fingerprint density at radius 2 is 2.10 bits per heavy atom. The third-order valence-electron chi connectivity index (χ3n) is 2.84. The molecule has 0 aliphatic heterocycles. The van der Waals surface area contributed by atoms with E-state index in [1.807, 2.05) is 23.3 Å². The molecule has 2 rings (SSSR count). The Labute approximate surface area is 122 Å². The fourth-order valence-corrected chi connectivity index (χ4v) is 2.24. The number of rotatable bonds is 6. The molecule has 0 amide bonds. The Bertz CT molecular complexity index is 564. The minimum atomic E-state index is -0.270. The smallest absolute Gasteiger partial charge is 0.146 e. The number of para-hydroxylation sites is 1. The third kappa shape index (κ3) is 3.46. The average molecular weight is 292 g/mol. The second kappa shape index (κ2) is 7.21. The highest BCUT2D eigenvalue weighted by Crippen LogP contribution is 2.27. The summed E-state index contributed by atoms with van der Waals surface area (Å²) >= 11 is 1.53. The SMILES string of the molecule is CSc1cc(N(CCCN)c2ccccc2F)ncn1. The minimum Gasteiger partial charge on any atom is -0.330 e. The van der Waals surface area contributed by atoms with Gasteiger partial charge in [-0.05, 0) is 31.4 Å². The zero-order valence-corrected chi connectivity index (χ0v) is 12.1. The van der Waals surface area contributed by atoms with Gasteiger partial charge in [0, 0.05) is 12.6 Å². The summed E-state index contributed by atoms with van der Waals surface area (Å²) in [5.41, 5.74) is 6.08. The van der Waals surface area contributed by atoms with Crippen molar-refractivity contribution in [3.63, 3.8) is 0 Å². The van der Waals surface area contributed by atoms with Crippen molar-refractivity contribution < 1.29 is 4.39 Å². The first-order valence-electron chi connectivity index (χ1n) is 6.34. The molecule has 0 unspecified atom stereocenters. The molecule has 0 aliphatic carbocycles. The minimum absolute atomic E-state index is 0.270. The summed E-state index contributed by atoms with van der Waals surface area (Å²) in [5.74, 6) is 0.414. The molecule has 0 spiro atoms. The lowest BCUT2D eigenvalue weighted by Gasteiger charge is -2.24. The van der Waals surface area contributed by atoms with Crippen molar-refractivity contribution in [2.45, 2.75) is 11.4 Å². The van der Waals surface area contributed by atoms with Crippen LogP contribution in [-0.4, -0.2) is 29.3 Å². The zero-order chi connectivity index (χ0) is 14.4.